The van der Waals surface area contributed by atoms with Crippen molar-refractivity contribution < 1.29 is 9.90 Å². The average Bonchev–Trinajstić information content (AvgIpc) is 2.97. The van der Waals surface area contributed by atoms with Crippen LogP contribution >= 0.6 is 0 Å². The molecular formula is C17H24N4O2. The third-order valence-electron chi connectivity index (χ3n) is 4.55. The number of likely N-dealkylation sites (tertiary alicyclic amines) is 1. The van der Waals surface area contributed by atoms with Crippen molar-refractivity contribution in [3.8, 4) is 0 Å². The molecule has 1 atom stereocenters. The van der Waals surface area contributed by atoms with Crippen molar-refractivity contribution in [1.29, 1.82) is 0 Å². The number of piperidine rings is 1. The second kappa shape index (κ2) is 7.00. The summed E-state index contributed by atoms with van der Waals surface area (Å²) in [5.74, 6) is 0.861. The maximum absolute atomic E-state index is 12.4. The van der Waals surface area contributed by atoms with Crippen LogP contribution in [0, 0.1) is 0 Å². The first kappa shape index (κ1) is 15.8. The van der Waals surface area contributed by atoms with E-state index in [4.69, 9.17) is 0 Å². The van der Waals surface area contributed by atoms with Crippen molar-refractivity contribution in [3.63, 3.8) is 0 Å². The predicted molar refractivity (Wildman–Crippen MR) is 89.1 cm³/mol. The lowest BCUT2D eigenvalue weighted by Crippen LogP contribution is -2.50. The number of imidazole rings is 1. The number of aryl methyl sites for hydroxylation is 1. The van der Waals surface area contributed by atoms with Gasteiger partial charge in [-0.3, -0.25) is 0 Å². The predicted octanol–water partition coefficient (Wildman–Crippen LogP) is 2.11. The normalized spacial score (nSPS) is 18.3. The Morgan fingerprint density at radius 3 is 3.00 bits per heavy atom. The van der Waals surface area contributed by atoms with Gasteiger partial charge in [0.25, 0.3) is 0 Å². The van der Waals surface area contributed by atoms with Crippen LogP contribution in [0.4, 0.5) is 4.79 Å². The summed E-state index contributed by atoms with van der Waals surface area (Å²) < 4.78 is 2.12. The Morgan fingerprint density at radius 1 is 1.39 bits per heavy atom. The second-order valence-electron chi connectivity index (χ2n) is 5.95. The fraction of sp³-hybridized carbons (Fsp3) is 0.529. The number of urea groups is 1. The summed E-state index contributed by atoms with van der Waals surface area (Å²) in [6, 6.07) is 7.82. The number of hydrogen-bond donors (Lipinski definition) is 2. The molecule has 3 rings (SSSR count). The number of nitrogens with zero attached hydrogens (tertiary/aromatic N) is 3. The molecular weight excluding hydrogens is 292 g/mol. The van der Waals surface area contributed by atoms with Crippen LogP contribution in [-0.2, 0) is 13.1 Å². The maximum Gasteiger partial charge on any atom is 0.318 e. The van der Waals surface area contributed by atoms with Gasteiger partial charge in [-0.15, -0.1) is 0 Å². The zero-order valence-electron chi connectivity index (χ0n) is 13.5. The number of aliphatic hydroxyl groups excluding tert-OH is 1. The van der Waals surface area contributed by atoms with Crippen LogP contribution in [0.5, 0.6) is 0 Å². The van der Waals surface area contributed by atoms with Crippen molar-refractivity contribution in [1.82, 2.24) is 19.8 Å². The Kier molecular flexibility index (Phi) is 4.81. The van der Waals surface area contributed by atoms with E-state index in [1.165, 1.54) is 0 Å². The lowest BCUT2D eigenvalue weighted by atomic mass is 10.0. The largest absolute Gasteiger partial charge is 0.394 e. The number of amides is 2. The lowest BCUT2D eigenvalue weighted by molar-refractivity contribution is 0.108. The molecule has 1 saturated heterocycles. The van der Waals surface area contributed by atoms with E-state index < -0.39 is 0 Å². The average molecular weight is 316 g/mol. The molecule has 6 nitrogen and oxygen atoms in total. The van der Waals surface area contributed by atoms with Gasteiger partial charge in [-0.2, -0.15) is 0 Å². The molecule has 1 aliphatic rings. The number of nitrogens with one attached hydrogen (secondary N) is 1. The number of carbonyl (C=O) groups excluding carboxylic acids is 1. The smallest absolute Gasteiger partial charge is 0.318 e. The molecule has 1 unspecified atom stereocenters. The van der Waals surface area contributed by atoms with Crippen LogP contribution in [0.15, 0.2) is 24.3 Å². The number of aliphatic hydroxyl groups is 1. The Balaban J connectivity index is 1.71. The standard InChI is InChI=1S/C17H24N4O2/c1-2-20-15-9-4-3-8-14(15)19-16(20)11-18-17(23)21-10-6-5-7-13(21)12-22/h3-4,8-9,13,22H,2,5-7,10-12H2,1H3,(H,18,23). The van der Waals surface area contributed by atoms with Crippen molar-refractivity contribution >= 4 is 17.1 Å². The Labute approximate surface area is 136 Å². The highest BCUT2D eigenvalue weighted by atomic mass is 16.3. The molecule has 0 spiro atoms. The zero-order valence-corrected chi connectivity index (χ0v) is 13.5. The highest BCUT2D eigenvalue weighted by Gasteiger charge is 2.26. The van der Waals surface area contributed by atoms with Crippen LogP contribution in [0.25, 0.3) is 11.0 Å². The van der Waals surface area contributed by atoms with Crippen LogP contribution in [-0.4, -0.2) is 44.8 Å². The van der Waals surface area contributed by atoms with E-state index in [-0.39, 0.29) is 18.7 Å². The molecule has 6 heteroatoms. The van der Waals surface area contributed by atoms with Gasteiger partial charge in [-0.1, -0.05) is 12.1 Å². The summed E-state index contributed by atoms with van der Waals surface area (Å²) in [7, 11) is 0. The topological polar surface area (TPSA) is 70.4 Å². The summed E-state index contributed by atoms with van der Waals surface area (Å²) in [6.45, 7) is 4.03. The number of hydrogen-bond acceptors (Lipinski definition) is 3. The molecule has 124 valence electrons. The van der Waals surface area contributed by atoms with Crippen molar-refractivity contribution in [3.05, 3.63) is 30.1 Å². The number of para-hydroxylation sites is 2. The van der Waals surface area contributed by atoms with E-state index in [0.717, 1.165) is 42.7 Å². The molecule has 2 aromatic rings. The van der Waals surface area contributed by atoms with Crippen LogP contribution in [0.3, 0.4) is 0 Å². The number of fused-ring (bicyclic) bond motifs is 1. The first-order chi connectivity index (χ1) is 11.2. The molecule has 1 aromatic carbocycles. The van der Waals surface area contributed by atoms with Crippen molar-refractivity contribution in [2.45, 2.75) is 45.3 Å². The Bertz CT molecular complexity index is 682. The quantitative estimate of drug-likeness (QED) is 0.907. The number of aromatic nitrogens is 2. The molecule has 0 bridgehead atoms. The van der Waals surface area contributed by atoms with Gasteiger partial charge in [0.2, 0.25) is 0 Å². The van der Waals surface area contributed by atoms with Crippen LogP contribution < -0.4 is 5.32 Å². The summed E-state index contributed by atoms with van der Waals surface area (Å²) in [4.78, 5) is 18.8. The van der Waals surface area contributed by atoms with Crippen LogP contribution in [0.2, 0.25) is 0 Å². The minimum Gasteiger partial charge on any atom is -0.394 e. The van der Waals surface area contributed by atoms with E-state index in [9.17, 15) is 9.90 Å². The van der Waals surface area contributed by atoms with E-state index in [0.29, 0.717) is 13.1 Å². The summed E-state index contributed by atoms with van der Waals surface area (Å²) in [6.07, 6.45) is 2.94. The lowest BCUT2D eigenvalue weighted by Gasteiger charge is -2.34. The van der Waals surface area contributed by atoms with Crippen molar-refractivity contribution in [2.75, 3.05) is 13.2 Å². The highest BCUT2D eigenvalue weighted by molar-refractivity contribution is 5.77. The minimum absolute atomic E-state index is 0.0287. The monoisotopic (exact) mass is 316 g/mol. The van der Waals surface area contributed by atoms with Gasteiger partial charge in [0.1, 0.15) is 5.82 Å². The number of carbonyl (C=O) groups is 1. The summed E-state index contributed by atoms with van der Waals surface area (Å²) >= 11 is 0. The fourth-order valence-corrected chi connectivity index (χ4v) is 3.33. The molecule has 0 radical (unpaired) electrons. The number of rotatable bonds is 4. The summed E-state index contributed by atoms with van der Waals surface area (Å²) in [5.41, 5.74) is 2.04. The third-order valence-corrected chi connectivity index (χ3v) is 4.55. The molecule has 0 aliphatic carbocycles. The second-order valence-corrected chi connectivity index (χ2v) is 5.95. The minimum atomic E-state index is -0.113. The van der Waals surface area contributed by atoms with Gasteiger partial charge in [0.15, 0.2) is 0 Å². The van der Waals surface area contributed by atoms with E-state index in [1.807, 2.05) is 24.3 Å². The van der Waals surface area contributed by atoms with Crippen LogP contribution in [0.1, 0.15) is 32.0 Å². The molecule has 0 saturated carbocycles. The third kappa shape index (κ3) is 3.17. The molecule has 1 aromatic heterocycles. The zero-order chi connectivity index (χ0) is 16.2. The SMILES string of the molecule is CCn1c(CNC(=O)N2CCCCC2CO)nc2ccccc21. The van der Waals surface area contributed by atoms with Gasteiger partial charge in [-0.25, -0.2) is 9.78 Å². The van der Waals surface area contributed by atoms with Gasteiger partial charge >= 0.3 is 6.03 Å². The summed E-state index contributed by atoms with van der Waals surface area (Å²) in [5, 5.41) is 12.4. The highest BCUT2D eigenvalue weighted by Crippen LogP contribution is 2.18. The molecule has 2 amide bonds. The van der Waals surface area contributed by atoms with E-state index >= 15 is 0 Å². The van der Waals surface area contributed by atoms with E-state index in [1.54, 1.807) is 4.90 Å². The molecule has 1 fully saturated rings. The maximum atomic E-state index is 12.4. The van der Waals surface area contributed by atoms with Crippen molar-refractivity contribution in [2.24, 2.45) is 0 Å². The first-order valence-electron chi connectivity index (χ1n) is 8.34. The van der Waals surface area contributed by atoms with Gasteiger partial charge < -0.3 is 19.9 Å². The Morgan fingerprint density at radius 2 is 2.22 bits per heavy atom. The van der Waals surface area contributed by atoms with Gasteiger partial charge in [-0.05, 0) is 38.3 Å². The molecule has 1 aliphatic heterocycles. The first-order valence-corrected chi connectivity index (χ1v) is 8.34. The van der Waals surface area contributed by atoms with Gasteiger partial charge in [0, 0.05) is 13.1 Å². The fourth-order valence-electron chi connectivity index (χ4n) is 3.33. The molecule has 2 N–H and O–H groups in total. The molecule has 2 heterocycles. The number of benzene rings is 1. The van der Waals surface area contributed by atoms with E-state index in [2.05, 4.69) is 21.8 Å². The van der Waals surface area contributed by atoms with Gasteiger partial charge in [0.05, 0.1) is 30.2 Å². The molecule has 23 heavy (non-hydrogen) atoms. The Hall–Kier alpha value is -2.08.